The quantitative estimate of drug-likeness (QED) is 0.576. The van der Waals surface area contributed by atoms with E-state index in [4.69, 9.17) is 0 Å². The highest BCUT2D eigenvalue weighted by molar-refractivity contribution is 5.91. The second kappa shape index (κ2) is 2.25. The highest BCUT2D eigenvalue weighted by Gasteiger charge is 2.30. The van der Waals surface area contributed by atoms with Gasteiger partial charge in [-0.25, -0.2) is 0 Å². The molecule has 0 spiro atoms. The third-order valence-corrected chi connectivity index (χ3v) is 2.90. The Hall–Kier alpha value is -1.50. The molecule has 1 atom stereocenters. The van der Waals surface area contributed by atoms with Gasteiger partial charge in [-0.3, -0.25) is 0 Å². The van der Waals surface area contributed by atoms with Gasteiger partial charge in [0.2, 0.25) is 0 Å². The lowest BCUT2D eigenvalue weighted by molar-refractivity contribution is 0.955. The summed E-state index contributed by atoms with van der Waals surface area (Å²) in [7, 11) is 2.15. The molecule has 1 aromatic carbocycles. The molecule has 1 nitrogen and oxygen atoms in total. The average Bonchev–Trinajstić information content (AvgIpc) is 2.72. The van der Waals surface area contributed by atoms with Gasteiger partial charge in [0.1, 0.15) is 0 Å². The van der Waals surface area contributed by atoms with Crippen molar-refractivity contribution in [2.75, 3.05) is 11.9 Å². The van der Waals surface area contributed by atoms with Crippen LogP contribution in [0.1, 0.15) is 5.56 Å². The number of para-hydroxylation sites is 1. The smallest absolute Gasteiger partial charge is 0.0733 e. The SMILES string of the molecule is CN1c2ccccc2C2=CC=CC21. The van der Waals surface area contributed by atoms with E-state index >= 15 is 0 Å². The van der Waals surface area contributed by atoms with E-state index in [-0.39, 0.29) is 0 Å². The van der Waals surface area contributed by atoms with Gasteiger partial charge in [-0.15, -0.1) is 0 Å². The number of benzene rings is 1. The number of anilines is 1. The van der Waals surface area contributed by atoms with Crippen LogP contribution in [0, 0.1) is 0 Å². The van der Waals surface area contributed by atoms with E-state index in [9.17, 15) is 0 Å². The molecule has 0 N–H and O–H groups in total. The van der Waals surface area contributed by atoms with Crippen molar-refractivity contribution in [1.29, 1.82) is 0 Å². The first-order valence-electron chi connectivity index (χ1n) is 4.58. The minimum Gasteiger partial charge on any atom is -0.364 e. The van der Waals surface area contributed by atoms with Gasteiger partial charge in [0.05, 0.1) is 6.04 Å². The lowest BCUT2D eigenvalue weighted by Gasteiger charge is -2.18. The predicted molar refractivity (Wildman–Crippen MR) is 55.8 cm³/mol. The molecule has 1 aliphatic heterocycles. The first-order chi connectivity index (χ1) is 6.38. The molecule has 0 amide bonds. The zero-order valence-corrected chi connectivity index (χ0v) is 7.57. The molecule has 0 saturated heterocycles. The molecule has 0 bridgehead atoms. The van der Waals surface area contributed by atoms with Gasteiger partial charge in [0.15, 0.2) is 0 Å². The summed E-state index contributed by atoms with van der Waals surface area (Å²) < 4.78 is 0. The Kier molecular flexibility index (Phi) is 1.21. The van der Waals surface area contributed by atoms with Gasteiger partial charge >= 0.3 is 0 Å². The Morgan fingerprint density at radius 3 is 3.00 bits per heavy atom. The summed E-state index contributed by atoms with van der Waals surface area (Å²) in [6.07, 6.45) is 6.61. The van der Waals surface area contributed by atoms with Crippen molar-refractivity contribution in [1.82, 2.24) is 0 Å². The summed E-state index contributed by atoms with van der Waals surface area (Å²) in [6, 6.07) is 9.07. The molecular weight excluding hydrogens is 158 g/mol. The molecule has 3 rings (SSSR count). The Morgan fingerprint density at radius 1 is 1.23 bits per heavy atom. The fraction of sp³-hybridized carbons (Fsp3) is 0.167. The standard InChI is InChI=1S/C12H11N/c1-13-11-7-3-2-5-9(11)10-6-4-8-12(10)13/h2-8,12H,1H3. The number of hydrogen-bond donors (Lipinski definition) is 0. The van der Waals surface area contributed by atoms with Crippen LogP contribution in [-0.4, -0.2) is 13.1 Å². The summed E-state index contributed by atoms with van der Waals surface area (Å²) in [5, 5.41) is 0. The minimum absolute atomic E-state index is 0.484. The molecule has 1 heterocycles. The minimum atomic E-state index is 0.484. The second-order valence-electron chi connectivity index (χ2n) is 3.58. The Bertz CT molecular complexity index is 415. The summed E-state index contributed by atoms with van der Waals surface area (Å²) in [6.45, 7) is 0. The largest absolute Gasteiger partial charge is 0.364 e. The summed E-state index contributed by atoms with van der Waals surface area (Å²) in [5.74, 6) is 0. The molecule has 1 aromatic rings. The maximum absolute atomic E-state index is 2.32. The van der Waals surface area contributed by atoms with Crippen LogP contribution in [-0.2, 0) is 0 Å². The van der Waals surface area contributed by atoms with E-state index in [0.717, 1.165) is 0 Å². The zero-order chi connectivity index (χ0) is 8.84. The van der Waals surface area contributed by atoms with Crippen molar-refractivity contribution in [3.63, 3.8) is 0 Å². The maximum Gasteiger partial charge on any atom is 0.0733 e. The molecule has 0 fully saturated rings. The molecule has 1 aliphatic carbocycles. The van der Waals surface area contributed by atoms with Crippen molar-refractivity contribution in [2.24, 2.45) is 0 Å². The molecule has 0 aromatic heterocycles. The van der Waals surface area contributed by atoms with E-state index in [1.165, 1.54) is 16.8 Å². The van der Waals surface area contributed by atoms with Crippen LogP contribution in [0.2, 0.25) is 0 Å². The van der Waals surface area contributed by atoms with E-state index in [0.29, 0.717) is 6.04 Å². The zero-order valence-electron chi connectivity index (χ0n) is 7.57. The van der Waals surface area contributed by atoms with Crippen LogP contribution < -0.4 is 4.90 Å². The Morgan fingerprint density at radius 2 is 2.08 bits per heavy atom. The van der Waals surface area contributed by atoms with Gasteiger partial charge in [0, 0.05) is 18.3 Å². The molecular formula is C12H11N. The summed E-state index contributed by atoms with van der Waals surface area (Å²) in [4.78, 5) is 2.32. The van der Waals surface area contributed by atoms with Crippen molar-refractivity contribution in [3.8, 4) is 0 Å². The van der Waals surface area contributed by atoms with Crippen molar-refractivity contribution in [3.05, 3.63) is 48.1 Å². The van der Waals surface area contributed by atoms with E-state index < -0.39 is 0 Å². The third kappa shape index (κ3) is 0.765. The van der Waals surface area contributed by atoms with E-state index in [1.54, 1.807) is 0 Å². The number of nitrogens with zero attached hydrogens (tertiary/aromatic N) is 1. The molecule has 0 radical (unpaired) electrons. The average molecular weight is 169 g/mol. The number of fused-ring (bicyclic) bond motifs is 3. The van der Waals surface area contributed by atoms with Gasteiger partial charge in [-0.05, 0) is 11.6 Å². The maximum atomic E-state index is 2.32. The molecule has 64 valence electrons. The molecule has 1 heteroatoms. The van der Waals surface area contributed by atoms with Gasteiger partial charge in [-0.1, -0.05) is 36.4 Å². The van der Waals surface area contributed by atoms with Gasteiger partial charge in [-0.2, -0.15) is 0 Å². The number of allylic oxidation sites excluding steroid dienone is 2. The highest BCUT2D eigenvalue weighted by Crippen LogP contribution is 2.41. The van der Waals surface area contributed by atoms with Gasteiger partial charge in [0.25, 0.3) is 0 Å². The van der Waals surface area contributed by atoms with Crippen molar-refractivity contribution >= 4 is 11.3 Å². The van der Waals surface area contributed by atoms with Crippen molar-refractivity contribution in [2.45, 2.75) is 6.04 Å². The topological polar surface area (TPSA) is 3.24 Å². The van der Waals surface area contributed by atoms with Crippen LogP contribution in [0.25, 0.3) is 5.57 Å². The van der Waals surface area contributed by atoms with E-state index in [1.807, 2.05) is 0 Å². The first kappa shape index (κ1) is 6.96. The van der Waals surface area contributed by atoms with Crippen LogP contribution in [0.3, 0.4) is 0 Å². The van der Waals surface area contributed by atoms with Crippen LogP contribution in [0.5, 0.6) is 0 Å². The summed E-state index contributed by atoms with van der Waals surface area (Å²) >= 11 is 0. The second-order valence-corrected chi connectivity index (χ2v) is 3.58. The number of likely N-dealkylation sites (N-methyl/N-ethyl adjacent to an activating group) is 1. The lowest BCUT2D eigenvalue weighted by atomic mass is 10.1. The normalized spacial score (nSPS) is 23.0. The molecule has 2 aliphatic rings. The molecule has 0 saturated carbocycles. The number of rotatable bonds is 0. The Labute approximate surface area is 78.0 Å². The fourth-order valence-electron chi connectivity index (χ4n) is 2.23. The predicted octanol–water partition coefficient (Wildman–Crippen LogP) is 2.46. The van der Waals surface area contributed by atoms with Gasteiger partial charge < -0.3 is 4.90 Å². The van der Waals surface area contributed by atoms with Crippen molar-refractivity contribution < 1.29 is 0 Å². The fourth-order valence-corrected chi connectivity index (χ4v) is 2.23. The summed E-state index contributed by atoms with van der Waals surface area (Å²) in [5.41, 5.74) is 4.18. The molecule has 1 unspecified atom stereocenters. The highest BCUT2D eigenvalue weighted by atomic mass is 15.2. The molecule has 13 heavy (non-hydrogen) atoms. The van der Waals surface area contributed by atoms with Crippen LogP contribution in [0.15, 0.2) is 42.5 Å². The van der Waals surface area contributed by atoms with Crippen LogP contribution >= 0.6 is 0 Å². The van der Waals surface area contributed by atoms with Crippen LogP contribution in [0.4, 0.5) is 5.69 Å². The first-order valence-corrected chi connectivity index (χ1v) is 4.58. The number of hydrogen-bond acceptors (Lipinski definition) is 1. The van der Waals surface area contributed by atoms with E-state index in [2.05, 4.69) is 54.4 Å². The third-order valence-electron chi connectivity index (χ3n) is 2.90. The Balaban J connectivity index is 2.26. The lowest BCUT2D eigenvalue weighted by Crippen LogP contribution is -2.23. The monoisotopic (exact) mass is 169 g/mol.